The second-order valence-corrected chi connectivity index (χ2v) is 8.71. The number of nitrogens with zero attached hydrogens (tertiary/aromatic N) is 2. The molecule has 1 aromatic heterocycles. The lowest BCUT2D eigenvalue weighted by atomic mass is 10.1. The fraction of sp³-hybridized carbons (Fsp3) is 0.160. The summed E-state index contributed by atoms with van der Waals surface area (Å²) in [6.07, 6.45) is 0.238. The second-order valence-electron chi connectivity index (χ2n) is 7.68. The van der Waals surface area contributed by atoms with Gasteiger partial charge in [0.05, 0.1) is 21.8 Å². The van der Waals surface area contributed by atoms with Crippen molar-refractivity contribution in [2.75, 3.05) is 11.9 Å². The average Bonchev–Trinajstić information content (AvgIpc) is 3.38. The number of hydrogen-bond acceptors (Lipinski definition) is 4. The number of hydrogen-bond donors (Lipinski definition) is 1. The van der Waals surface area contributed by atoms with E-state index in [1.54, 1.807) is 16.2 Å². The molecule has 1 N–H and O–H groups in total. The van der Waals surface area contributed by atoms with Crippen molar-refractivity contribution >= 4 is 39.1 Å². The monoisotopic (exact) mass is 427 g/mol. The minimum Gasteiger partial charge on any atom is -0.338 e. The molecule has 5 rings (SSSR count). The van der Waals surface area contributed by atoms with E-state index in [-0.39, 0.29) is 24.2 Å². The Morgan fingerprint density at radius 1 is 1.00 bits per heavy atom. The standard InChI is InChI=1S/C25H21N3O2S/c29-23-14-18(16-28(23)15-17-8-2-1-3-9-17)24(30)26-20-11-5-4-10-19(20)25-27-21-12-6-7-13-22(21)31-25/h1-13,18H,14-16H2,(H,26,30). The maximum absolute atomic E-state index is 13.0. The number of rotatable bonds is 5. The lowest BCUT2D eigenvalue weighted by Crippen LogP contribution is -2.28. The third-order valence-corrected chi connectivity index (χ3v) is 6.58. The third kappa shape index (κ3) is 4.07. The molecule has 0 aliphatic carbocycles. The van der Waals surface area contributed by atoms with E-state index in [2.05, 4.69) is 5.32 Å². The number of carbonyl (C=O) groups excluding carboxylic acids is 2. The van der Waals surface area contributed by atoms with Gasteiger partial charge in [-0.05, 0) is 29.8 Å². The van der Waals surface area contributed by atoms with Crippen LogP contribution in [0.25, 0.3) is 20.8 Å². The number of amides is 2. The van der Waals surface area contributed by atoms with Crippen molar-refractivity contribution in [3.8, 4) is 10.6 Å². The molecule has 5 nitrogen and oxygen atoms in total. The van der Waals surface area contributed by atoms with Gasteiger partial charge in [-0.15, -0.1) is 11.3 Å². The van der Waals surface area contributed by atoms with E-state index in [1.165, 1.54) is 0 Å². The number of fused-ring (bicyclic) bond motifs is 1. The molecule has 2 amide bonds. The molecule has 1 fully saturated rings. The molecule has 1 aliphatic heterocycles. The lowest BCUT2D eigenvalue weighted by molar-refractivity contribution is -0.128. The van der Waals surface area contributed by atoms with Crippen LogP contribution >= 0.6 is 11.3 Å². The Balaban J connectivity index is 1.32. The van der Waals surface area contributed by atoms with Crippen molar-refractivity contribution in [1.82, 2.24) is 9.88 Å². The predicted octanol–water partition coefficient (Wildman–Crippen LogP) is 4.95. The minimum absolute atomic E-state index is 0.0171. The molecule has 1 atom stereocenters. The molecule has 1 saturated heterocycles. The number of para-hydroxylation sites is 2. The van der Waals surface area contributed by atoms with Gasteiger partial charge < -0.3 is 10.2 Å². The van der Waals surface area contributed by atoms with E-state index < -0.39 is 0 Å². The van der Waals surface area contributed by atoms with Gasteiger partial charge in [-0.2, -0.15) is 0 Å². The first-order valence-electron chi connectivity index (χ1n) is 10.2. The third-order valence-electron chi connectivity index (χ3n) is 5.51. The van der Waals surface area contributed by atoms with E-state index in [1.807, 2.05) is 78.9 Å². The van der Waals surface area contributed by atoms with Gasteiger partial charge >= 0.3 is 0 Å². The topological polar surface area (TPSA) is 62.3 Å². The quantitative estimate of drug-likeness (QED) is 0.490. The Kier molecular flexibility index (Phi) is 5.22. The van der Waals surface area contributed by atoms with Crippen molar-refractivity contribution in [1.29, 1.82) is 0 Å². The summed E-state index contributed by atoms with van der Waals surface area (Å²) in [6, 6.07) is 25.5. The number of anilines is 1. The zero-order chi connectivity index (χ0) is 21.2. The normalized spacial score (nSPS) is 16.1. The molecule has 1 unspecified atom stereocenters. The van der Waals surface area contributed by atoms with Crippen LogP contribution in [0.1, 0.15) is 12.0 Å². The molecular formula is C25H21N3O2S. The minimum atomic E-state index is -0.361. The van der Waals surface area contributed by atoms with Crippen molar-refractivity contribution in [3.05, 3.63) is 84.4 Å². The van der Waals surface area contributed by atoms with Crippen molar-refractivity contribution in [3.63, 3.8) is 0 Å². The second kappa shape index (κ2) is 8.32. The molecule has 3 aromatic carbocycles. The highest BCUT2D eigenvalue weighted by molar-refractivity contribution is 7.21. The van der Waals surface area contributed by atoms with Crippen LogP contribution in [0, 0.1) is 5.92 Å². The molecule has 0 bridgehead atoms. The maximum Gasteiger partial charge on any atom is 0.229 e. The average molecular weight is 428 g/mol. The fourth-order valence-corrected chi connectivity index (χ4v) is 4.91. The van der Waals surface area contributed by atoms with Gasteiger partial charge in [-0.25, -0.2) is 4.98 Å². The smallest absolute Gasteiger partial charge is 0.229 e. The largest absolute Gasteiger partial charge is 0.338 e. The van der Waals surface area contributed by atoms with E-state index in [9.17, 15) is 9.59 Å². The Morgan fingerprint density at radius 2 is 1.74 bits per heavy atom. The van der Waals surface area contributed by atoms with Crippen LogP contribution in [-0.4, -0.2) is 28.2 Å². The van der Waals surface area contributed by atoms with Crippen molar-refractivity contribution in [2.45, 2.75) is 13.0 Å². The number of nitrogens with one attached hydrogen (secondary N) is 1. The summed E-state index contributed by atoms with van der Waals surface area (Å²) in [5.74, 6) is -0.472. The summed E-state index contributed by atoms with van der Waals surface area (Å²) in [4.78, 5) is 32.0. The van der Waals surface area contributed by atoms with Gasteiger partial charge in [0.15, 0.2) is 0 Å². The Bertz CT molecular complexity index is 1220. The van der Waals surface area contributed by atoms with Crippen LogP contribution in [0.3, 0.4) is 0 Å². The first kappa shape index (κ1) is 19.5. The molecule has 0 spiro atoms. The van der Waals surface area contributed by atoms with Crippen LogP contribution in [-0.2, 0) is 16.1 Å². The highest BCUT2D eigenvalue weighted by Crippen LogP contribution is 2.35. The highest BCUT2D eigenvalue weighted by atomic mass is 32.1. The van der Waals surface area contributed by atoms with E-state index >= 15 is 0 Å². The van der Waals surface area contributed by atoms with Crippen LogP contribution < -0.4 is 5.32 Å². The summed E-state index contributed by atoms with van der Waals surface area (Å²) in [5, 5.41) is 3.92. The molecular weight excluding hydrogens is 406 g/mol. The van der Waals surface area contributed by atoms with Crippen LogP contribution in [0.4, 0.5) is 5.69 Å². The first-order valence-corrected chi connectivity index (χ1v) is 11.1. The lowest BCUT2D eigenvalue weighted by Gasteiger charge is -2.17. The molecule has 0 radical (unpaired) electrons. The highest BCUT2D eigenvalue weighted by Gasteiger charge is 2.34. The SMILES string of the molecule is O=C(Nc1ccccc1-c1nc2ccccc2s1)C1CC(=O)N(Cc2ccccc2)C1. The maximum atomic E-state index is 13.0. The summed E-state index contributed by atoms with van der Waals surface area (Å²) in [6.45, 7) is 0.967. The molecule has 6 heteroatoms. The Morgan fingerprint density at radius 3 is 2.58 bits per heavy atom. The zero-order valence-corrected chi connectivity index (χ0v) is 17.6. The summed E-state index contributed by atoms with van der Waals surface area (Å²) in [7, 11) is 0. The summed E-state index contributed by atoms with van der Waals surface area (Å²) >= 11 is 1.60. The first-order chi connectivity index (χ1) is 15.2. The van der Waals surface area contributed by atoms with Gasteiger partial charge in [0.1, 0.15) is 5.01 Å². The summed E-state index contributed by atoms with van der Waals surface area (Å²) < 4.78 is 1.11. The fourth-order valence-electron chi connectivity index (χ4n) is 3.91. The molecule has 2 heterocycles. The van der Waals surface area contributed by atoms with Crippen LogP contribution in [0.2, 0.25) is 0 Å². The molecule has 4 aromatic rings. The van der Waals surface area contributed by atoms with Crippen LogP contribution in [0.5, 0.6) is 0 Å². The Labute approximate surface area is 184 Å². The molecule has 154 valence electrons. The van der Waals surface area contributed by atoms with Crippen molar-refractivity contribution in [2.24, 2.45) is 5.92 Å². The number of carbonyl (C=O) groups is 2. The van der Waals surface area contributed by atoms with E-state index in [0.29, 0.717) is 13.1 Å². The van der Waals surface area contributed by atoms with E-state index in [0.717, 1.165) is 32.0 Å². The molecule has 0 saturated carbocycles. The van der Waals surface area contributed by atoms with E-state index in [4.69, 9.17) is 4.98 Å². The van der Waals surface area contributed by atoms with Gasteiger partial charge in [0.2, 0.25) is 11.8 Å². The number of benzene rings is 3. The van der Waals surface area contributed by atoms with Crippen molar-refractivity contribution < 1.29 is 9.59 Å². The number of thiazole rings is 1. The van der Waals surface area contributed by atoms with Gasteiger partial charge in [0, 0.05) is 25.1 Å². The van der Waals surface area contributed by atoms with Crippen LogP contribution in [0.15, 0.2) is 78.9 Å². The number of likely N-dealkylation sites (tertiary alicyclic amines) is 1. The van der Waals surface area contributed by atoms with Gasteiger partial charge in [0.25, 0.3) is 0 Å². The van der Waals surface area contributed by atoms with Gasteiger partial charge in [-0.1, -0.05) is 54.6 Å². The molecule has 1 aliphatic rings. The number of aromatic nitrogens is 1. The zero-order valence-electron chi connectivity index (χ0n) is 16.8. The molecule has 31 heavy (non-hydrogen) atoms. The predicted molar refractivity (Wildman–Crippen MR) is 124 cm³/mol. The summed E-state index contributed by atoms with van der Waals surface area (Å²) in [5.41, 5.74) is 3.63. The van der Waals surface area contributed by atoms with Gasteiger partial charge in [-0.3, -0.25) is 9.59 Å². The Hall–Kier alpha value is -3.51.